The van der Waals surface area contributed by atoms with E-state index in [4.69, 9.17) is 5.73 Å². The van der Waals surface area contributed by atoms with Gasteiger partial charge >= 0.3 is 0 Å². The van der Waals surface area contributed by atoms with Crippen LogP contribution in [0.2, 0.25) is 0 Å². The SMILES string of the molecule is NCCn1cc(Nc2nccc(NCc3c(F)cc(F)cc3F)n2)cn1. The molecule has 0 spiro atoms. The predicted octanol–water partition coefficient (Wildman–Crippen LogP) is 2.40. The highest BCUT2D eigenvalue weighted by molar-refractivity contribution is 5.52. The number of nitrogens with two attached hydrogens (primary N) is 1. The molecule has 136 valence electrons. The number of halogens is 3. The number of hydrogen-bond acceptors (Lipinski definition) is 6. The summed E-state index contributed by atoms with van der Waals surface area (Å²) in [6, 6.07) is 2.81. The molecule has 0 aliphatic heterocycles. The number of rotatable bonds is 7. The van der Waals surface area contributed by atoms with Crippen molar-refractivity contribution in [1.82, 2.24) is 19.7 Å². The first-order valence-corrected chi connectivity index (χ1v) is 7.75. The molecule has 0 saturated heterocycles. The largest absolute Gasteiger partial charge is 0.366 e. The van der Waals surface area contributed by atoms with Gasteiger partial charge < -0.3 is 16.4 Å². The predicted molar refractivity (Wildman–Crippen MR) is 90.2 cm³/mol. The average molecular weight is 363 g/mol. The van der Waals surface area contributed by atoms with Crippen molar-refractivity contribution in [3.05, 3.63) is 59.8 Å². The fraction of sp³-hybridized carbons (Fsp3) is 0.188. The summed E-state index contributed by atoms with van der Waals surface area (Å²) in [4.78, 5) is 8.27. The van der Waals surface area contributed by atoms with Crippen molar-refractivity contribution in [2.24, 2.45) is 5.73 Å². The average Bonchev–Trinajstić information content (AvgIpc) is 3.01. The first-order chi connectivity index (χ1) is 12.5. The lowest BCUT2D eigenvalue weighted by atomic mass is 10.2. The summed E-state index contributed by atoms with van der Waals surface area (Å²) < 4.78 is 41.9. The standard InChI is InChI=1S/C16H16F3N7/c17-10-5-13(18)12(14(19)6-10)8-22-15-1-3-21-16(25-15)24-11-7-23-26(9-11)4-2-20/h1,3,5-7,9H,2,4,8,20H2,(H2,21,22,24,25). The van der Waals surface area contributed by atoms with Gasteiger partial charge in [0.2, 0.25) is 5.95 Å². The molecule has 1 aromatic carbocycles. The van der Waals surface area contributed by atoms with Crippen LogP contribution in [-0.4, -0.2) is 26.3 Å². The van der Waals surface area contributed by atoms with E-state index in [1.54, 1.807) is 23.1 Å². The van der Waals surface area contributed by atoms with Gasteiger partial charge in [0.25, 0.3) is 0 Å². The molecule has 0 bridgehead atoms. The molecule has 2 aromatic heterocycles. The van der Waals surface area contributed by atoms with Crippen molar-refractivity contribution >= 4 is 17.5 Å². The van der Waals surface area contributed by atoms with E-state index in [2.05, 4.69) is 25.7 Å². The molecule has 0 amide bonds. The van der Waals surface area contributed by atoms with Crippen LogP contribution in [0, 0.1) is 17.5 Å². The molecule has 7 nitrogen and oxygen atoms in total. The Hall–Kier alpha value is -3.14. The van der Waals surface area contributed by atoms with Gasteiger partial charge in [-0.2, -0.15) is 10.1 Å². The molecule has 10 heteroatoms. The van der Waals surface area contributed by atoms with Crippen LogP contribution in [0.1, 0.15) is 5.56 Å². The van der Waals surface area contributed by atoms with Crippen molar-refractivity contribution in [3.8, 4) is 0 Å². The molecule has 2 heterocycles. The van der Waals surface area contributed by atoms with Crippen LogP contribution >= 0.6 is 0 Å². The minimum atomic E-state index is -0.965. The summed E-state index contributed by atoms with van der Waals surface area (Å²) in [5.74, 6) is -2.26. The molecule has 0 aliphatic rings. The third-order valence-corrected chi connectivity index (χ3v) is 3.46. The number of nitrogens with one attached hydrogen (secondary N) is 2. The van der Waals surface area contributed by atoms with Crippen LogP contribution < -0.4 is 16.4 Å². The van der Waals surface area contributed by atoms with Crippen LogP contribution in [0.5, 0.6) is 0 Å². The number of aromatic nitrogens is 4. The Morgan fingerprint density at radius 3 is 2.65 bits per heavy atom. The minimum absolute atomic E-state index is 0.192. The van der Waals surface area contributed by atoms with Crippen LogP contribution in [0.15, 0.2) is 36.8 Å². The van der Waals surface area contributed by atoms with Gasteiger partial charge in [-0.05, 0) is 6.07 Å². The minimum Gasteiger partial charge on any atom is -0.366 e. The fourth-order valence-corrected chi connectivity index (χ4v) is 2.25. The summed E-state index contributed by atoms with van der Waals surface area (Å²) in [6.07, 6.45) is 4.83. The van der Waals surface area contributed by atoms with Crippen molar-refractivity contribution in [2.45, 2.75) is 13.1 Å². The molecule has 0 fully saturated rings. The number of nitrogens with zero attached hydrogens (tertiary/aromatic N) is 4. The summed E-state index contributed by atoms with van der Waals surface area (Å²) in [7, 11) is 0. The molecule has 0 saturated carbocycles. The lowest BCUT2D eigenvalue weighted by Crippen LogP contribution is -2.09. The van der Waals surface area contributed by atoms with E-state index in [1.807, 2.05) is 0 Å². The third kappa shape index (κ3) is 4.28. The smallest absolute Gasteiger partial charge is 0.229 e. The second-order valence-electron chi connectivity index (χ2n) is 5.37. The maximum atomic E-state index is 13.7. The van der Waals surface area contributed by atoms with Crippen molar-refractivity contribution in [3.63, 3.8) is 0 Å². The van der Waals surface area contributed by atoms with Gasteiger partial charge in [0.05, 0.1) is 18.4 Å². The molecule has 4 N–H and O–H groups in total. The van der Waals surface area contributed by atoms with Gasteiger partial charge in [-0.25, -0.2) is 18.2 Å². The van der Waals surface area contributed by atoms with Crippen LogP contribution in [0.4, 0.5) is 30.6 Å². The van der Waals surface area contributed by atoms with E-state index < -0.39 is 17.5 Å². The summed E-state index contributed by atoms with van der Waals surface area (Å²) in [6.45, 7) is 0.856. The first kappa shape index (κ1) is 17.7. The summed E-state index contributed by atoms with van der Waals surface area (Å²) in [5, 5.41) is 9.87. The van der Waals surface area contributed by atoms with E-state index >= 15 is 0 Å². The Kier molecular flexibility index (Phi) is 5.32. The zero-order chi connectivity index (χ0) is 18.5. The molecule has 3 aromatic rings. The molecular weight excluding hydrogens is 347 g/mol. The van der Waals surface area contributed by atoms with Gasteiger partial charge in [0, 0.05) is 43.2 Å². The van der Waals surface area contributed by atoms with Crippen LogP contribution in [-0.2, 0) is 13.1 Å². The van der Waals surface area contributed by atoms with Crippen molar-refractivity contribution in [2.75, 3.05) is 17.2 Å². The number of hydrogen-bond donors (Lipinski definition) is 3. The molecule has 0 aliphatic carbocycles. The Morgan fingerprint density at radius 2 is 1.92 bits per heavy atom. The molecule has 0 unspecified atom stereocenters. The molecule has 0 radical (unpaired) electrons. The van der Waals surface area contributed by atoms with Gasteiger partial charge in [-0.3, -0.25) is 4.68 Å². The van der Waals surface area contributed by atoms with Crippen LogP contribution in [0.3, 0.4) is 0 Å². The zero-order valence-corrected chi connectivity index (χ0v) is 13.6. The highest BCUT2D eigenvalue weighted by atomic mass is 19.1. The lowest BCUT2D eigenvalue weighted by molar-refractivity contribution is 0.526. The van der Waals surface area contributed by atoms with E-state index in [9.17, 15) is 13.2 Å². The third-order valence-electron chi connectivity index (χ3n) is 3.46. The second-order valence-corrected chi connectivity index (χ2v) is 5.37. The van der Waals surface area contributed by atoms with Gasteiger partial charge in [-0.15, -0.1) is 0 Å². The van der Waals surface area contributed by atoms with Gasteiger partial charge in [0.15, 0.2) is 0 Å². The molecule has 0 atom stereocenters. The highest BCUT2D eigenvalue weighted by Gasteiger charge is 2.11. The van der Waals surface area contributed by atoms with Crippen LogP contribution in [0.25, 0.3) is 0 Å². The zero-order valence-electron chi connectivity index (χ0n) is 13.6. The molecule has 3 rings (SSSR count). The van der Waals surface area contributed by atoms with Gasteiger partial charge in [-0.1, -0.05) is 0 Å². The van der Waals surface area contributed by atoms with Gasteiger partial charge in [0.1, 0.15) is 23.3 Å². The topological polar surface area (TPSA) is 93.7 Å². The van der Waals surface area contributed by atoms with E-state index in [0.717, 1.165) is 0 Å². The lowest BCUT2D eigenvalue weighted by Gasteiger charge is -2.09. The quantitative estimate of drug-likeness (QED) is 0.597. The Labute approximate surface area is 147 Å². The normalized spacial score (nSPS) is 10.8. The molecular formula is C16H16F3N7. The monoisotopic (exact) mass is 363 g/mol. The summed E-state index contributed by atoms with van der Waals surface area (Å²) in [5.41, 5.74) is 5.86. The van der Waals surface area contributed by atoms with Crippen molar-refractivity contribution < 1.29 is 13.2 Å². The molecule has 26 heavy (non-hydrogen) atoms. The second kappa shape index (κ2) is 7.83. The maximum Gasteiger partial charge on any atom is 0.229 e. The van der Waals surface area contributed by atoms with E-state index in [0.29, 0.717) is 36.7 Å². The Bertz CT molecular complexity index is 874. The van der Waals surface area contributed by atoms with Crippen molar-refractivity contribution in [1.29, 1.82) is 0 Å². The number of benzene rings is 1. The highest BCUT2D eigenvalue weighted by Crippen LogP contribution is 2.17. The number of anilines is 3. The fourth-order valence-electron chi connectivity index (χ4n) is 2.25. The Morgan fingerprint density at radius 1 is 1.15 bits per heavy atom. The van der Waals surface area contributed by atoms with E-state index in [-0.39, 0.29) is 18.1 Å². The Balaban J connectivity index is 1.67. The summed E-state index contributed by atoms with van der Waals surface area (Å²) >= 11 is 0. The van der Waals surface area contributed by atoms with E-state index in [1.165, 1.54) is 6.20 Å². The first-order valence-electron chi connectivity index (χ1n) is 7.75. The maximum absolute atomic E-state index is 13.7.